The van der Waals surface area contributed by atoms with E-state index in [1.807, 2.05) is 26.8 Å². The minimum Gasteiger partial charge on any atom is -0.352 e. The van der Waals surface area contributed by atoms with Gasteiger partial charge in [-0.2, -0.15) is 0 Å². The summed E-state index contributed by atoms with van der Waals surface area (Å²) in [4.78, 5) is 54.2. The molecular weight excluding hydrogens is 420 g/mol. The normalized spacial score (nSPS) is 19.2. The predicted molar refractivity (Wildman–Crippen MR) is 125 cm³/mol. The lowest BCUT2D eigenvalue weighted by Crippen LogP contribution is -2.62. The quantitative estimate of drug-likeness (QED) is 0.710. The van der Waals surface area contributed by atoms with Gasteiger partial charge in [-0.1, -0.05) is 18.2 Å². The number of amides is 4. The molecule has 33 heavy (non-hydrogen) atoms. The molecule has 4 rings (SSSR count). The van der Waals surface area contributed by atoms with Crippen LogP contribution < -0.4 is 15.5 Å². The minimum absolute atomic E-state index is 0.0234. The van der Waals surface area contributed by atoms with Gasteiger partial charge in [0.25, 0.3) is 11.8 Å². The second kappa shape index (κ2) is 8.69. The number of fused-ring (bicyclic) bond motifs is 3. The molecule has 4 amide bonds. The molecule has 0 bridgehead atoms. The van der Waals surface area contributed by atoms with Gasteiger partial charge in [-0.3, -0.25) is 24.1 Å². The highest BCUT2D eigenvalue weighted by atomic mass is 16.2. The Morgan fingerprint density at radius 2 is 1.88 bits per heavy atom. The van der Waals surface area contributed by atoms with Crippen LogP contribution in [0, 0.1) is 6.92 Å². The van der Waals surface area contributed by atoms with Crippen molar-refractivity contribution >= 4 is 35.0 Å². The average molecular weight is 449 g/mol. The lowest BCUT2D eigenvalue weighted by atomic mass is 9.98. The highest BCUT2D eigenvalue weighted by Crippen LogP contribution is 2.43. The molecule has 0 radical (unpaired) electrons. The Morgan fingerprint density at radius 1 is 1.12 bits per heavy atom. The van der Waals surface area contributed by atoms with E-state index >= 15 is 0 Å². The number of nitrogens with zero attached hydrogens (tertiary/aromatic N) is 2. The highest BCUT2D eigenvalue weighted by Gasteiger charge is 2.52. The van der Waals surface area contributed by atoms with Gasteiger partial charge in [0.15, 0.2) is 0 Å². The summed E-state index contributed by atoms with van der Waals surface area (Å²) in [5.41, 5.74) is 2.16. The Morgan fingerprint density at radius 3 is 2.64 bits per heavy atom. The van der Waals surface area contributed by atoms with E-state index in [-0.39, 0.29) is 36.6 Å². The van der Waals surface area contributed by atoms with E-state index in [9.17, 15) is 19.2 Å². The molecule has 0 saturated carbocycles. The van der Waals surface area contributed by atoms with Gasteiger partial charge in [0.2, 0.25) is 11.8 Å². The summed E-state index contributed by atoms with van der Waals surface area (Å²) in [6.45, 7) is 6.26. The van der Waals surface area contributed by atoms with Gasteiger partial charge >= 0.3 is 0 Å². The first-order valence-corrected chi connectivity index (χ1v) is 11.2. The zero-order valence-corrected chi connectivity index (χ0v) is 19.1. The van der Waals surface area contributed by atoms with E-state index < -0.39 is 5.66 Å². The Balaban J connectivity index is 1.51. The topological polar surface area (TPSA) is 98.8 Å². The number of anilines is 2. The van der Waals surface area contributed by atoms with Crippen LogP contribution >= 0.6 is 0 Å². The summed E-state index contributed by atoms with van der Waals surface area (Å²) < 4.78 is 0. The van der Waals surface area contributed by atoms with Gasteiger partial charge in [-0.25, -0.2) is 0 Å². The zero-order valence-electron chi connectivity index (χ0n) is 19.1. The number of aryl methyl sites for hydroxylation is 1. The SMILES string of the molecule is CCNC(=O)c1ccc(C)c(NC(=O)CCN2C(=O)c3ccccc3N3C(=O)CCC23C)c1. The highest BCUT2D eigenvalue weighted by molar-refractivity contribution is 6.10. The number of para-hydroxylation sites is 1. The molecule has 2 aromatic rings. The van der Waals surface area contributed by atoms with Crippen molar-refractivity contribution in [1.82, 2.24) is 10.2 Å². The molecule has 0 spiro atoms. The van der Waals surface area contributed by atoms with E-state index in [0.29, 0.717) is 41.9 Å². The van der Waals surface area contributed by atoms with Crippen molar-refractivity contribution in [1.29, 1.82) is 0 Å². The van der Waals surface area contributed by atoms with E-state index in [4.69, 9.17) is 0 Å². The molecule has 1 unspecified atom stereocenters. The van der Waals surface area contributed by atoms with Crippen LogP contribution in [0.2, 0.25) is 0 Å². The fourth-order valence-corrected chi connectivity index (χ4v) is 4.63. The molecule has 0 aromatic heterocycles. The summed E-state index contributed by atoms with van der Waals surface area (Å²) in [5, 5.41) is 5.61. The molecule has 2 heterocycles. The van der Waals surface area contributed by atoms with Crippen LogP contribution in [0.4, 0.5) is 11.4 Å². The average Bonchev–Trinajstić information content (AvgIpc) is 3.10. The number of hydrogen-bond donors (Lipinski definition) is 2. The number of hydrogen-bond acceptors (Lipinski definition) is 4. The Hall–Kier alpha value is -3.68. The summed E-state index contributed by atoms with van der Waals surface area (Å²) in [6, 6.07) is 12.3. The van der Waals surface area contributed by atoms with Crippen molar-refractivity contribution in [3.63, 3.8) is 0 Å². The maximum Gasteiger partial charge on any atom is 0.257 e. The standard InChI is InChI=1S/C25H28N4O4/c1-4-26-23(32)17-10-9-16(2)19(15-17)27-21(30)12-14-28-24(33)18-7-5-6-8-20(18)29-22(31)11-13-25(28,29)3/h5-10,15H,4,11-14H2,1-3H3,(H,26,32)(H,27,30). The number of carbonyl (C=O) groups is 4. The molecular formula is C25H28N4O4. The third kappa shape index (κ3) is 3.97. The van der Waals surface area contributed by atoms with Crippen LogP contribution in [0.3, 0.4) is 0 Å². The van der Waals surface area contributed by atoms with Gasteiger partial charge in [-0.15, -0.1) is 0 Å². The van der Waals surface area contributed by atoms with Crippen molar-refractivity contribution in [2.24, 2.45) is 0 Å². The summed E-state index contributed by atoms with van der Waals surface area (Å²) in [5.74, 6) is -0.673. The predicted octanol–water partition coefficient (Wildman–Crippen LogP) is 3.07. The maximum absolute atomic E-state index is 13.3. The van der Waals surface area contributed by atoms with Gasteiger partial charge < -0.3 is 15.5 Å². The zero-order chi connectivity index (χ0) is 23.8. The van der Waals surface area contributed by atoms with E-state index in [0.717, 1.165) is 5.56 Å². The summed E-state index contributed by atoms with van der Waals surface area (Å²) in [7, 11) is 0. The van der Waals surface area contributed by atoms with Crippen LogP contribution in [0.1, 0.15) is 59.4 Å². The first kappa shape index (κ1) is 22.5. The molecule has 2 aliphatic heterocycles. The van der Waals surface area contributed by atoms with Crippen LogP contribution in [0.15, 0.2) is 42.5 Å². The smallest absolute Gasteiger partial charge is 0.257 e. The van der Waals surface area contributed by atoms with E-state index in [1.54, 1.807) is 46.2 Å². The Kier molecular flexibility index (Phi) is 5.93. The van der Waals surface area contributed by atoms with Crippen LogP contribution in [0.25, 0.3) is 0 Å². The second-order valence-corrected chi connectivity index (χ2v) is 8.61. The molecule has 1 atom stereocenters. The molecule has 0 aliphatic carbocycles. The molecule has 1 fully saturated rings. The fraction of sp³-hybridized carbons (Fsp3) is 0.360. The van der Waals surface area contributed by atoms with E-state index in [1.165, 1.54) is 0 Å². The number of carbonyl (C=O) groups excluding carboxylic acids is 4. The van der Waals surface area contributed by atoms with E-state index in [2.05, 4.69) is 10.6 Å². The second-order valence-electron chi connectivity index (χ2n) is 8.61. The molecule has 1 saturated heterocycles. The van der Waals surface area contributed by atoms with Crippen LogP contribution in [0.5, 0.6) is 0 Å². The van der Waals surface area contributed by atoms with Gasteiger partial charge in [0.05, 0.1) is 11.3 Å². The van der Waals surface area contributed by atoms with Crippen molar-refractivity contribution < 1.29 is 19.2 Å². The molecule has 2 N–H and O–H groups in total. The minimum atomic E-state index is -0.795. The van der Waals surface area contributed by atoms with Crippen LogP contribution in [-0.2, 0) is 9.59 Å². The maximum atomic E-state index is 13.3. The van der Waals surface area contributed by atoms with Gasteiger partial charge in [0, 0.05) is 37.2 Å². The number of nitrogens with one attached hydrogen (secondary N) is 2. The first-order chi connectivity index (χ1) is 15.8. The third-order valence-electron chi connectivity index (χ3n) is 6.42. The molecule has 8 heteroatoms. The summed E-state index contributed by atoms with van der Waals surface area (Å²) in [6.07, 6.45) is 0.935. The fourth-order valence-electron chi connectivity index (χ4n) is 4.63. The summed E-state index contributed by atoms with van der Waals surface area (Å²) >= 11 is 0. The lowest BCUT2D eigenvalue weighted by Gasteiger charge is -2.48. The lowest BCUT2D eigenvalue weighted by molar-refractivity contribution is -0.117. The molecule has 2 aromatic carbocycles. The number of rotatable bonds is 6. The van der Waals surface area contributed by atoms with Crippen molar-refractivity contribution in [3.8, 4) is 0 Å². The van der Waals surface area contributed by atoms with Crippen molar-refractivity contribution in [2.75, 3.05) is 23.3 Å². The Labute approximate surface area is 192 Å². The van der Waals surface area contributed by atoms with Crippen molar-refractivity contribution in [3.05, 3.63) is 59.2 Å². The largest absolute Gasteiger partial charge is 0.352 e. The van der Waals surface area contributed by atoms with Crippen LogP contribution in [-0.4, -0.2) is 47.3 Å². The monoisotopic (exact) mass is 448 g/mol. The van der Waals surface area contributed by atoms with Gasteiger partial charge in [-0.05, 0) is 57.0 Å². The molecule has 2 aliphatic rings. The van der Waals surface area contributed by atoms with Gasteiger partial charge in [0.1, 0.15) is 5.66 Å². The van der Waals surface area contributed by atoms with Crippen molar-refractivity contribution in [2.45, 2.75) is 45.7 Å². The Bertz CT molecular complexity index is 1140. The molecule has 172 valence electrons. The molecule has 8 nitrogen and oxygen atoms in total. The third-order valence-corrected chi connectivity index (χ3v) is 6.42. The number of benzene rings is 2. The first-order valence-electron chi connectivity index (χ1n) is 11.2.